The molecule has 1 aromatic carbocycles. The summed E-state index contributed by atoms with van der Waals surface area (Å²) >= 11 is 0. The molecule has 2 rings (SSSR count). The van der Waals surface area contributed by atoms with Gasteiger partial charge in [0.05, 0.1) is 11.7 Å². The molecule has 0 saturated carbocycles. The Labute approximate surface area is 117 Å². The molecule has 1 aliphatic rings. The van der Waals surface area contributed by atoms with Gasteiger partial charge < -0.3 is 14.6 Å². The second-order valence-electron chi connectivity index (χ2n) is 5.06. The van der Waals surface area contributed by atoms with Gasteiger partial charge in [0.15, 0.2) is 0 Å². The summed E-state index contributed by atoms with van der Waals surface area (Å²) in [6.07, 6.45) is 0.107. The fourth-order valence-corrected chi connectivity index (χ4v) is 2.00. The SMILES string of the molecule is CC.CNCc1ccccc1B1OC(C)C(C)(C)O1. The van der Waals surface area contributed by atoms with Crippen LogP contribution >= 0.6 is 0 Å². The van der Waals surface area contributed by atoms with Gasteiger partial charge in [-0.2, -0.15) is 0 Å². The minimum atomic E-state index is -0.246. The Morgan fingerprint density at radius 2 is 1.89 bits per heavy atom. The number of rotatable bonds is 3. The van der Waals surface area contributed by atoms with E-state index in [2.05, 4.69) is 38.2 Å². The minimum absolute atomic E-state index is 0.107. The lowest BCUT2D eigenvalue weighted by Crippen LogP contribution is -2.37. The van der Waals surface area contributed by atoms with Gasteiger partial charge in [0, 0.05) is 6.54 Å². The Hall–Kier alpha value is -0.835. The predicted octanol–water partition coefficient (Wildman–Crippen LogP) is 2.34. The topological polar surface area (TPSA) is 30.5 Å². The zero-order chi connectivity index (χ0) is 14.5. The molecule has 0 spiro atoms. The molecule has 0 aliphatic carbocycles. The van der Waals surface area contributed by atoms with Gasteiger partial charge >= 0.3 is 7.12 Å². The maximum absolute atomic E-state index is 5.98. The van der Waals surface area contributed by atoms with Crippen LogP contribution in [-0.2, 0) is 15.9 Å². The molecule has 1 atom stereocenters. The summed E-state index contributed by atoms with van der Waals surface area (Å²) in [6, 6.07) is 8.25. The van der Waals surface area contributed by atoms with E-state index in [0.717, 1.165) is 12.0 Å². The number of hydrogen-bond acceptors (Lipinski definition) is 3. The van der Waals surface area contributed by atoms with Crippen molar-refractivity contribution >= 4 is 12.6 Å². The summed E-state index contributed by atoms with van der Waals surface area (Å²) in [5.41, 5.74) is 2.13. The van der Waals surface area contributed by atoms with E-state index in [0.29, 0.717) is 0 Å². The molecule has 0 amide bonds. The third-order valence-electron chi connectivity index (χ3n) is 3.39. The lowest BCUT2D eigenvalue weighted by molar-refractivity contribution is 0.0842. The average molecular weight is 263 g/mol. The van der Waals surface area contributed by atoms with Crippen molar-refractivity contribution < 1.29 is 9.31 Å². The van der Waals surface area contributed by atoms with Gasteiger partial charge in [-0.3, -0.25) is 0 Å². The molecule has 1 heterocycles. The Kier molecular flexibility index (Phi) is 6.05. The predicted molar refractivity (Wildman–Crippen MR) is 81.7 cm³/mol. The normalized spacial score (nSPS) is 20.9. The van der Waals surface area contributed by atoms with E-state index in [9.17, 15) is 0 Å². The lowest BCUT2D eigenvalue weighted by atomic mass is 9.76. The van der Waals surface area contributed by atoms with E-state index in [4.69, 9.17) is 9.31 Å². The second-order valence-corrected chi connectivity index (χ2v) is 5.06. The zero-order valence-corrected chi connectivity index (χ0v) is 13.0. The summed E-state index contributed by atoms with van der Waals surface area (Å²) in [4.78, 5) is 0. The van der Waals surface area contributed by atoms with Crippen LogP contribution in [0.5, 0.6) is 0 Å². The molecule has 1 aliphatic heterocycles. The zero-order valence-electron chi connectivity index (χ0n) is 13.0. The highest BCUT2D eigenvalue weighted by atomic mass is 16.7. The van der Waals surface area contributed by atoms with Crippen molar-refractivity contribution in [3.05, 3.63) is 29.8 Å². The molecule has 106 valence electrons. The monoisotopic (exact) mass is 263 g/mol. The van der Waals surface area contributed by atoms with Crippen molar-refractivity contribution in [2.45, 2.75) is 52.9 Å². The second kappa shape index (κ2) is 7.08. The Morgan fingerprint density at radius 1 is 1.26 bits per heavy atom. The average Bonchev–Trinajstić information content (AvgIpc) is 2.67. The van der Waals surface area contributed by atoms with Crippen LogP contribution in [0.15, 0.2) is 24.3 Å². The Balaban J connectivity index is 0.000000861. The van der Waals surface area contributed by atoms with Gasteiger partial charge in [-0.1, -0.05) is 38.1 Å². The highest BCUT2D eigenvalue weighted by molar-refractivity contribution is 6.62. The van der Waals surface area contributed by atoms with E-state index < -0.39 is 0 Å². The van der Waals surface area contributed by atoms with Crippen molar-refractivity contribution in [3.63, 3.8) is 0 Å². The van der Waals surface area contributed by atoms with E-state index in [-0.39, 0.29) is 18.8 Å². The summed E-state index contributed by atoms with van der Waals surface area (Å²) < 4.78 is 11.9. The quantitative estimate of drug-likeness (QED) is 0.849. The molecule has 1 unspecified atom stereocenters. The largest absolute Gasteiger partial charge is 0.494 e. The van der Waals surface area contributed by atoms with Crippen molar-refractivity contribution in [3.8, 4) is 0 Å². The van der Waals surface area contributed by atoms with Gasteiger partial charge in [0.1, 0.15) is 0 Å². The molecular weight excluding hydrogens is 237 g/mol. The maximum Gasteiger partial charge on any atom is 0.494 e. The fraction of sp³-hybridized carbons (Fsp3) is 0.600. The first-order valence-electron chi connectivity index (χ1n) is 7.10. The van der Waals surface area contributed by atoms with Gasteiger partial charge in [-0.15, -0.1) is 0 Å². The first kappa shape index (κ1) is 16.2. The highest BCUT2D eigenvalue weighted by Crippen LogP contribution is 2.27. The van der Waals surface area contributed by atoms with Crippen LogP contribution < -0.4 is 10.8 Å². The van der Waals surface area contributed by atoms with Crippen LogP contribution in [0.25, 0.3) is 0 Å². The number of nitrogens with one attached hydrogen (secondary N) is 1. The summed E-state index contributed by atoms with van der Waals surface area (Å²) in [5.74, 6) is 0. The Bertz CT molecular complexity index is 395. The highest BCUT2D eigenvalue weighted by Gasteiger charge is 2.44. The van der Waals surface area contributed by atoms with E-state index >= 15 is 0 Å². The van der Waals surface area contributed by atoms with Crippen molar-refractivity contribution in [1.29, 1.82) is 0 Å². The van der Waals surface area contributed by atoms with E-state index in [1.807, 2.05) is 33.0 Å². The molecule has 1 fully saturated rings. The van der Waals surface area contributed by atoms with Crippen LogP contribution in [0.4, 0.5) is 0 Å². The summed E-state index contributed by atoms with van der Waals surface area (Å²) in [6.45, 7) is 11.0. The van der Waals surface area contributed by atoms with Crippen molar-refractivity contribution in [1.82, 2.24) is 5.32 Å². The van der Waals surface area contributed by atoms with Crippen LogP contribution in [0.2, 0.25) is 0 Å². The van der Waals surface area contributed by atoms with Crippen LogP contribution in [0.1, 0.15) is 40.2 Å². The fourth-order valence-electron chi connectivity index (χ4n) is 2.00. The smallest absolute Gasteiger partial charge is 0.402 e. The lowest BCUT2D eigenvalue weighted by Gasteiger charge is -2.21. The van der Waals surface area contributed by atoms with Crippen LogP contribution in [-0.4, -0.2) is 25.9 Å². The summed E-state index contributed by atoms with van der Waals surface area (Å²) in [7, 11) is 1.70. The molecule has 3 nitrogen and oxygen atoms in total. The van der Waals surface area contributed by atoms with Crippen LogP contribution in [0, 0.1) is 0 Å². The molecule has 0 bridgehead atoms. The van der Waals surface area contributed by atoms with Gasteiger partial charge in [0.25, 0.3) is 0 Å². The first-order chi connectivity index (χ1) is 9.04. The van der Waals surface area contributed by atoms with Crippen LogP contribution in [0.3, 0.4) is 0 Å². The molecule has 4 heteroatoms. The standard InChI is InChI=1S/C13H20BNO2.C2H6/c1-10-13(2,3)17-14(16-10)12-8-6-5-7-11(12)9-15-4;1-2/h5-8,10,15H,9H2,1-4H3;1-2H3. The first-order valence-corrected chi connectivity index (χ1v) is 7.10. The molecule has 0 aromatic heterocycles. The minimum Gasteiger partial charge on any atom is -0.402 e. The maximum atomic E-state index is 5.98. The van der Waals surface area contributed by atoms with Gasteiger partial charge in [0.2, 0.25) is 0 Å². The molecular formula is C15H26BNO2. The molecule has 1 aromatic rings. The van der Waals surface area contributed by atoms with E-state index in [1.54, 1.807) is 0 Å². The third-order valence-corrected chi connectivity index (χ3v) is 3.39. The molecule has 19 heavy (non-hydrogen) atoms. The molecule has 1 saturated heterocycles. The van der Waals surface area contributed by atoms with Crippen molar-refractivity contribution in [2.24, 2.45) is 0 Å². The third kappa shape index (κ3) is 3.82. The molecule has 0 radical (unpaired) electrons. The number of hydrogen-bond donors (Lipinski definition) is 1. The van der Waals surface area contributed by atoms with Gasteiger partial charge in [-0.25, -0.2) is 0 Å². The van der Waals surface area contributed by atoms with Crippen molar-refractivity contribution in [2.75, 3.05) is 7.05 Å². The Morgan fingerprint density at radius 3 is 2.42 bits per heavy atom. The van der Waals surface area contributed by atoms with E-state index in [1.165, 1.54) is 5.56 Å². The number of benzene rings is 1. The molecule has 1 N–H and O–H groups in total. The summed E-state index contributed by atoms with van der Waals surface area (Å²) in [5, 5.41) is 3.17. The van der Waals surface area contributed by atoms with Gasteiger partial charge in [-0.05, 0) is 38.8 Å².